The Kier molecular flexibility index (Phi) is 5.76. The normalized spacial score (nSPS) is 11.8. The summed E-state index contributed by atoms with van der Waals surface area (Å²) in [6, 6.07) is 13.2. The van der Waals surface area contributed by atoms with Gasteiger partial charge >= 0.3 is 6.09 Å². The standard InChI is InChI=1S/C18H13Cl2FN2O2S/c1-10(11-6-3-5-9-14(11)21)25-18(24)22-15-16(26-23-17(15)20)12-7-2-4-8-13(12)19/h2-10H,1H3,(H,22,24). The van der Waals surface area contributed by atoms with E-state index in [9.17, 15) is 9.18 Å². The van der Waals surface area contributed by atoms with Gasteiger partial charge in [-0.15, -0.1) is 0 Å². The van der Waals surface area contributed by atoms with Gasteiger partial charge in [0.15, 0.2) is 5.15 Å². The quantitative estimate of drug-likeness (QED) is 0.529. The molecule has 134 valence electrons. The van der Waals surface area contributed by atoms with Gasteiger partial charge in [-0.25, -0.2) is 9.18 Å². The summed E-state index contributed by atoms with van der Waals surface area (Å²) in [7, 11) is 0. The van der Waals surface area contributed by atoms with Crippen molar-refractivity contribution in [1.82, 2.24) is 4.37 Å². The number of carbonyl (C=O) groups excluding carboxylic acids is 1. The highest BCUT2D eigenvalue weighted by Gasteiger charge is 2.21. The number of amides is 1. The number of nitrogens with one attached hydrogen (secondary N) is 1. The molecule has 0 aliphatic rings. The summed E-state index contributed by atoms with van der Waals surface area (Å²) in [6.07, 6.45) is -1.54. The van der Waals surface area contributed by atoms with Gasteiger partial charge in [0.05, 0.1) is 4.88 Å². The zero-order chi connectivity index (χ0) is 18.7. The van der Waals surface area contributed by atoms with Gasteiger partial charge in [-0.3, -0.25) is 5.32 Å². The molecule has 0 aliphatic heterocycles. The van der Waals surface area contributed by atoms with Gasteiger partial charge in [0.2, 0.25) is 0 Å². The molecule has 8 heteroatoms. The van der Waals surface area contributed by atoms with Crippen molar-refractivity contribution < 1.29 is 13.9 Å². The Morgan fingerprint density at radius 1 is 1.19 bits per heavy atom. The van der Waals surface area contributed by atoms with Crippen LogP contribution in [0.1, 0.15) is 18.6 Å². The molecule has 1 atom stereocenters. The zero-order valence-electron chi connectivity index (χ0n) is 13.5. The summed E-state index contributed by atoms with van der Waals surface area (Å²) >= 11 is 13.4. The molecule has 0 aliphatic carbocycles. The number of halogens is 3. The lowest BCUT2D eigenvalue weighted by atomic mass is 10.1. The van der Waals surface area contributed by atoms with Crippen LogP contribution >= 0.6 is 34.7 Å². The molecular weight excluding hydrogens is 398 g/mol. The molecule has 0 saturated heterocycles. The molecule has 0 fully saturated rings. The number of nitrogens with zero attached hydrogens (tertiary/aromatic N) is 1. The number of aromatic nitrogens is 1. The summed E-state index contributed by atoms with van der Waals surface area (Å²) < 4.78 is 23.1. The molecule has 4 nitrogen and oxygen atoms in total. The minimum absolute atomic E-state index is 0.125. The van der Waals surface area contributed by atoms with Crippen molar-refractivity contribution in [2.24, 2.45) is 0 Å². The molecular formula is C18H13Cl2FN2O2S. The van der Waals surface area contributed by atoms with Crippen molar-refractivity contribution >= 4 is 46.5 Å². The van der Waals surface area contributed by atoms with Gasteiger partial charge in [0, 0.05) is 16.1 Å². The second kappa shape index (κ2) is 8.03. The molecule has 2 aromatic carbocycles. The lowest BCUT2D eigenvalue weighted by Crippen LogP contribution is -2.17. The first kappa shape index (κ1) is 18.6. The van der Waals surface area contributed by atoms with Gasteiger partial charge < -0.3 is 4.74 Å². The Labute approximate surface area is 163 Å². The molecule has 1 aromatic heterocycles. The van der Waals surface area contributed by atoms with Crippen LogP contribution in [0, 0.1) is 5.82 Å². The van der Waals surface area contributed by atoms with Crippen LogP contribution in [0.5, 0.6) is 0 Å². The smallest absolute Gasteiger partial charge is 0.412 e. The summed E-state index contributed by atoms with van der Waals surface area (Å²) in [5.41, 5.74) is 1.27. The summed E-state index contributed by atoms with van der Waals surface area (Å²) in [5.74, 6) is -0.445. The number of ether oxygens (including phenoxy) is 1. The zero-order valence-corrected chi connectivity index (χ0v) is 15.8. The lowest BCUT2D eigenvalue weighted by molar-refractivity contribution is 0.119. The van der Waals surface area contributed by atoms with Gasteiger partial charge in [-0.2, -0.15) is 4.37 Å². The first-order chi connectivity index (χ1) is 12.5. The molecule has 26 heavy (non-hydrogen) atoms. The Bertz CT molecular complexity index is 948. The number of hydrogen-bond donors (Lipinski definition) is 1. The summed E-state index contributed by atoms with van der Waals surface area (Å²) in [5, 5.41) is 3.21. The molecule has 0 radical (unpaired) electrons. The Balaban J connectivity index is 1.79. The van der Waals surface area contributed by atoms with E-state index in [4.69, 9.17) is 27.9 Å². The van der Waals surface area contributed by atoms with Crippen molar-refractivity contribution in [3.8, 4) is 10.4 Å². The second-order valence-electron chi connectivity index (χ2n) is 5.35. The molecule has 1 amide bonds. The SMILES string of the molecule is CC(OC(=O)Nc1c(Cl)nsc1-c1ccccc1Cl)c1ccccc1F. The van der Waals surface area contributed by atoms with Crippen molar-refractivity contribution in [3.63, 3.8) is 0 Å². The van der Waals surface area contributed by atoms with Crippen molar-refractivity contribution in [2.45, 2.75) is 13.0 Å². The molecule has 3 aromatic rings. The Morgan fingerprint density at radius 3 is 2.62 bits per heavy atom. The molecule has 1 heterocycles. The number of anilines is 1. The summed E-state index contributed by atoms with van der Waals surface area (Å²) in [6.45, 7) is 1.58. The third-order valence-corrected chi connectivity index (χ3v) is 5.21. The largest absolute Gasteiger partial charge is 0.441 e. The van der Waals surface area contributed by atoms with Crippen LogP contribution in [0.2, 0.25) is 10.2 Å². The monoisotopic (exact) mass is 410 g/mol. The predicted molar refractivity (Wildman–Crippen MR) is 102 cm³/mol. The van der Waals surface area contributed by atoms with Crippen LogP contribution in [-0.4, -0.2) is 10.5 Å². The average Bonchev–Trinajstić information content (AvgIpc) is 2.96. The van der Waals surface area contributed by atoms with E-state index in [1.54, 1.807) is 43.3 Å². The molecule has 0 saturated carbocycles. The van der Waals surface area contributed by atoms with Crippen LogP contribution in [0.15, 0.2) is 48.5 Å². The molecule has 0 bridgehead atoms. The van der Waals surface area contributed by atoms with Crippen molar-refractivity contribution in [1.29, 1.82) is 0 Å². The fourth-order valence-electron chi connectivity index (χ4n) is 2.37. The molecule has 0 spiro atoms. The van der Waals surface area contributed by atoms with E-state index in [2.05, 4.69) is 9.69 Å². The number of hydrogen-bond acceptors (Lipinski definition) is 4. The van der Waals surface area contributed by atoms with Gasteiger partial charge in [0.25, 0.3) is 0 Å². The van der Waals surface area contributed by atoms with Gasteiger partial charge in [-0.05, 0) is 30.6 Å². The maximum absolute atomic E-state index is 13.8. The van der Waals surface area contributed by atoms with Crippen LogP contribution in [0.25, 0.3) is 10.4 Å². The van der Waals surface area contributed by atoms with E-state index in [1.165, 1.54) is 6.07 Å². The van der Waals surface area contributed by atoms with Gasteiger partial charge in [-0.1, -0.05) is 59.6 Å². The van der Waals surface area contributed by atoms with E-state index in [1.807, 2.05) is 6.07 Å². The van der Waals surface area contributed by atoms with Crippen LogP contribution < -0.4 is 5.32 Å². The molecule has 3 rings (SSSR count). The summed E-state index contributed by atoms with van der Waals surface area (Å²) in [4.78, 5) is 12.9. The second-order valence-corrected chi connectivity index (χ2v) is 6.89. The highest BCUT2D eigenvalue weighted by atomic mass is 35.5. The number of rotatable bonds is 4. The van der Waals surface area contributed by atoms with E-state index >= 15 is 0 Å². The van der Waals surface area contributed by atoms with Crippen molar-refractivity contribution in [2.75, 3.05) is 5.32 Å². The third kappa shape index (κ3) is 3.98. The predicted octanol–water partition coefficient (Wildman–Crippen LogP) is 6.57. The Hall–Kier alpha value is -2.15. The topological polar surface area (TPSA) is 51.2 Å². The fourth-order valence-corrected chi connectivity index (χ4v) is 3.73. The number of benzene rings is 2. The van der Waals surface area contributed by atoms with E-state index in [0.29, 0.717) is 21.2 Å². The minimum atomic E-state index is -0.773. The van der Waals surface area contributed by atoms with Crippen LogP contribution in [0.4, 0.5) is 14.9 Å². The van der Waals surface area contributed by atoms with Crippen molar-refractivity contribution in [3.05, 3.63) is 70.1 Å². The highest BCUT2D eigenvalue weighted by Crippen LogP contribution is 2.40. The maximum atomic E-state index is 13.8. The molecule has 1 N–H and O–H groups in total. The minimum Gasteiger partial charge on any atom is -0.441 e. The average molecular weight is 411 g/mol. The lowest BCUT2D eigenvalue weighted by Gasteiger charge is -2.15. The molecule has 1 unspecified atom stereocenters. The van der Waals surface area contributed by atoms with Crippen LogP contribution in [0.3, 0.4) is 0 Å². The highest BCUT2D eigenvalue weighted by molar-refractivity contribution is 7.10. The van der Waals surface area contributed by atoms with Crippen LogP contribution in [-0.2, 0) is 4.74 Å². The van der Waals surface area contributed by atoms with Gasteiger partial charge in [0.1, 0.15) is 17.6 Å². The first-order valence-corrected chi connectivity index (χ1v) is 9.12. The Morgan fingerprint density at radius 2 is 1.88 bits per heavy atom. The van der Waals surface area contributed by atoms with E-state index < -0.39 is 18.0 Å². The number of carbonyl (C=O) groups is 1. The first-order valence-electron chi connectivity index (χ1n) is 7.59. The third-order valence-electron chi connectivity index (χ3n) is 3.62. The fraction of sp³-hybridized carbons (Fsp3) is 0.111. The van der Waals surface area contributed by atoms with E-state index in [-0.39, 0.29) is 10.7 Å². The maximum Gasteiger partial charge on any atom is 0.412 e. The van der Waals surface area contributed by atoms with E-state index in [0.717, 1.165) is 11.5 Å².